The number of carbonyl (C=O) groups is 1. The van der Waals surface area contributed by atoms with Gasteiger partial charge in [-0.15, -0.1) is 0 Å². The number of nitrogens with one attached hydrogen (secondary N) is 1. The molecule has 2 fully saturated rings. The third-order valence-electron chi connectivity index (χ3n) is 4.88. The molecule has 0 spiro atoms. The maximum atomic E-state index is 11.1. The summed E-state index contributed by atoms with van der Waals surface area (Å²) in [7, 11) is 0. The predicted molar refractivity (Wildman–Crippen MR) is 92.9 cm³/mol. The quantitative estimate of drug-likeness (QED) is 0.814. The van der Waals surface area contributed by atoms with Crippen LogP contribution in [0.15, 0.2) is 18.2 Å². The van der Waals surface area contributed by atoms with Crippen molar-refractivity contribution in [3.63, 3.8) is 0 Å². The highest BCUT2D eigenvalue weighted by Crippen LogP contribution is 2.33. The van der Waals surface area contributed by atoms with Gasteiger partial charge in [0.1, 0.15) is 5.75 Å². The van der Waals surface area contributed by atoms with Gasteiger partial charge in [0.25, 0.3) is 0 Å². The Morgan fingerprint density at radius 2 is 2.08 bits per heavy atom. The molecule has 1 saturated carbocycles. The van der Waals surface area contributed by atoms with Crippen LogP contribution in [0.5, 0.6) is 5.75 Å². The minimum absolute atomic E-state index is 0.208. The first kappa shape index (κ1) is 17.4. The van der Waals surface area contributed by atoms with Crippen molar-refractivity contribution in [2.75, 3.05) is 25.1 Å². The Kier molecular flexibility index (Phi) is 5.85. The van der Waals surface area contributed by atoms with Gasteiger partial charge in [-0.2, -0.15) is 0 Å². The van der Waals surface area contributed by atoms with Gasteiger partial charge in [0.05, 0.1) is 24.8 Å². The van der Waals surface area contributed by atoms with Crippen LogP contribution in [0.4, 0.5) is 5.69 Å². The van der Waals surface area contributed by atoms with Gasteiger partial charge in [-0.1, -0.05) is 11.6 Å². The van der Waals surface area contributed by atoms with Crippen molar-refractivity contribution >= 4 is 23.3 Å². The molecule has 2 N–H and O–H groups in total. The number of anilines is 1. The largest absolute Gasteiger partial charge is 0.491 e. The third kappa shape index (κ3) is 4.54. The molecule has 3 rings (SSSR count). The van der Waals surface area contributed by atoms with Gasteiger partial charge in [-0.25, -0.2) is 0 Å². The molecule has 0 aromatic heterocycles. The molecule has 1 aromatic rings. The smallest absolute Gasteiger partial charge is 0.306 e. The molecule has 0 radical (unpaired) electrons. The van der Waals surface area contributed by atoms with Gasteiger partial charge in [0, 0.05) is 23.6 Å². The fourth-order valence-electron chi connectivity index (χ4n) is 3.37. The number of rotatable bonds is 6. The minimum Gasteiger partial charge on any atom is -0.491 e. The van der Waals surface area contributed by atoms with Crippen LogP contribution in [0.25, 0.3) is 0 Å². The van der Waals surface area contributed by atoms with Crippen LogP contribution in [-0.2, 0) is 9.53 Å². The molecule has 6 heteroatoms. The van der Waals surface area contributed by atoms with E-state index in [0.29, 0.717) is 30.4 Å². The molecule has 1 heterocycles. The summed E-state index contributed by atoms with van der Waals surface area (Å²) in [5.41, 5.74) is 0.889. The lowest BCUT2D eigenvalue weighted by molar-refractivity contribution is -0.142. The van der Waals surface area contributed by atoms with E-state index in [2.05, 4.69) is 5.32 Å². The lowest BCUT2D eigenvalue weighted by Crippen LogP contribution is -2.29. The van der Waals surface area contributed by atoms with Crippen molar-refractivity contribution in [1.29, 1.82) is 0 Å². The summed E-state index contributed by atoms with van der Waals surface area (Å²) < 4.78 is 11.4. The molecule has 0 bridgehead atoms. The molecule has 2 aliphatic rings. The van der Waals surface area contributed by atoms with Crippen LogP contribution < -0.4 is 10.1 Å². The first-order chi connectivity index (χ1) is 11.6. The van der Waals surface area contributed by atoms with Crippen LogP contribution in [0, 0.1) is 11.8 Å². The maximum absolute atomic E-state index is 11.1. The standard InChI is InChI=1S/C18H24ClNO4/c19-14-3-6-17(24-11-12-7-8-23-10-12)16(9-14)20-15-4-1-13(2-5-15)18(21)22/h3,6,9,12-13,15,20H,1-2,4-5,7-8,10-11H2,(H,21,22). The Balaban J connectivity index is 1.59. The van der Waals surface area contributed by atoms with E-state index in [1.807, 2.05) is 18.2 Å². The first-order valence-electron chi connectivity index (χ1n) is 8.61. The van der Waals surface area contributed by atoms with E-state index in [4.69, 9.17) is 26.2 Å². The second-order valence-electron chi connectivity index (χ2n) is 6.71. The number of carboxylic acid groups (broad SMARTS) is 1. The molecule has 132 valence electrons. The molecule has 24 heavy (non-hydrogen) atoms. The summed E-state index contributed by atoms with van der Waals surface area (Å²) >= 11 is 6.13. The van der Waals surface area contributed by atoms with E-state index >= 15 is 0 Å². The van der Waals surface area contributed by atoms with Crippen LogP contribution in [0.2, 0.25) is 5.02 Å². The molecule has 1 unspecified atom stereocenters. The molecule has 1 atom stereocenters. The Morgan fingerprint density at radius 1 is 1.29 bits per heavy atom. The van der Waals surface area contributed by atoms with Gasteiger partial charge in [0.2, 0.25) is 0 Å². The summed E-state index contributed by atoms with van der Waals surface area (Å²) in [5.74, 6) is 0.353. The van der Waals surface area contributed by atoms with Gasteiger partial charge >= 0.3 is 5.97 Å². The molecule has 1 aliphatic carbocycles. The lowest BCUT2D eigenvalue weighted by Gasteiger charge is -2.28. The van der Waals surface area contributed by atoms with E-state index in [1.54, 1.807) is 0 Å². The molecule has 1 saturated heterocycles. The second kappa shape index (κ2) is 8.08. The number of hydrogen-bond donors (Lipinski definition) is 2. The van der Waals surface area contributed by atoms with Gasteiger partial charge in [-0.3, -0.25) is 4.79 Å². The normalized spacial score (nSPS) is 27.0. The van der Waals surface area contributed by atoms with Crippen molar-refractivity contribution in [1.82, 2.24) is 0 Å². The van der Waals surface area contributed by atoms with Gasteiger partial charge in [-0.05, 0) is 50.3 Å². The van der Waals surface area contributed by atoms with E-state index in [-0.39, 0.29) is 12.0 Å². The Hall–Kier alpha value is -1.46. The number of hydrogen-bond acceptors (Lipinski definition) is 4. The van der Waals surface area contributed by atoms with E-state index in [9.17, 15) is 4.79 Å². The van der Waals surface area contributed by atoms with Crippen LogP contribution in [-0.4, -0.2) is 36.9 Å². The number of ether oxygens (including phenoxy) is 2. The first-order valence-corrected chi connectivity index (χ1v) is 8.99. The Bertz CT molecular complexity index is 566. The Morgan fingerprint density at radius 3 is 2.75 bits per heavy atom. The Labute approximate surface area is 147 Å². The molecule has 1 aromatic carbocycles. The number of halogens is 1. The van der Waals surface area contributed by atoms with E-state index in [0.717, 1.165) is 43.9 Å². The monoisotopic (exact) mass is 353 g/mol. The fourth-order valence-corrected chi connectivity index (χ4v) is 3.54. The average molecular weight is 354 g/mol. The van der Waals surface area contributed by atoms with Gasteiger partial charge < -0.3 is 19.9 Å². The van der Waals surface area contributed by atoms with Crippen LogP contribution >= 0.6 is 11.6 Å². The highest BCUT2D eigenvalue weighted by molar-refractivity contribution is 6.30. The lowest BCUT2D eigenvalue weighted by atomic mass is 9.86. The van der Waals surface area contributed by atoms with E-state index < -0.39 is 5.97 Å². The zero-order chi connectivity index (χ0) is 16.9. The van der Waals surface area contributed by atoms with E-state index in [1.165, 1.54) is 0 Å². The summed E-state index contributed by atoms with van der Waals surface area (Å²) in [6.07, 6.45) is 4.15. The van der Waals surface area contributed by atoms with Crippen molar-refractivity contribution in [2.24, 2.45) is 11.8 Å². The van der Waals surface area contributed by atoms with Crippen molar-refractivity contribution in [3.8, 4) is 5.75 Å². The number of aliphatic carboxylic acids is 1. The zero-order valence-electron chi connectivity index (χ0n) is 13.7. The van der Waals surface area contributed by atoms with Crippen molar-refractivity contribution < 1.29 is 19.4 Å². The topological polar surface area (TPSA) is 67.8 Å². The van der Waals surface area contributed by atoms with Crippen LogP contribution in [0.3, 0.4) is 0 Å². The highest BCUT2D eigenvalue weighted by Gasteiger charge is 2.26. The SMILES string of the molecule is O=C(O)C1CCC(Nc2cc(Cl)ccc2OCC2CCOC2)CC1. The van der Waals surface area contributed by atoms with Gasteiger partial charge in [0.15, 0.2) is 0 Å². The fraction of sp³-hybridized carbons (Fsp3) is 0.611. The van der Waals surface area contributed by atoms with Crippen molar-refractivity contribution in [3.05, 3.63) is 23.2 Å². The molecular formula is C18H24ClNO4. The number of benzene rings is 1. The summed E-state index contributed by atoms with van der Waals surface area (Å²) in [6.45, 7) is 2.21. The maximum Gasteiger partial charge on any atom is 0.306 e. The minimum atomic E-state index is -0.681. The average Bonchev–Trinajstić information content (AvgIpc) is 3.08. The third-order valence-corrected chi connectivity index (χ3v) is 5.11. The van der Waals surface area contributed by atoms with Crippen LogP contribution in [0.1, 0.15) is 32.1 Å². The number of carboxylic acids is 1. The highest BCUT2D eigenvalue weighted by atomic mass is 35.5. The summed E-state index contributed by atoms with van der Waals surface area (Å²) in [5, 5.41) is 13.3. The summed E-state index contributed by atoms with van der Waals surface area (Å²) in [4.78, 5) is 11.1. The molecule has 1 aliphatic heterocycles. The summed E-state index contributed by atoms with van der Waals surface area (Å²) in [6, 6.07) is 5.86. The predicted octanol–water partition coefficient (Wildman–Crippen LogP) is 3.81. The molecular weight excluding hydrogens is 330 g/mol. The molecule has 0 amide bonds. The van der Waals surface area contributed by atoms with Crippen molar-refractivity contribution in [2.45, 2.75) is 38.1 Å². The molecule has 5 nitrogen and oxygen atoms in total. The second-order valence-corrected chi connectivity index (χ2v) is 7.15. The zero-order valence-corrected chi connectivity index (χ0v) is 14.4.